The van der Waals surface area contributed by atoms with Gasteiger partial charge in [-0.3, -0.25) is 9.88 Å². The molecule has 3 heterocycles. The molecule has 3 fully saturated rings. The summed E-state index contributed by atoms with van der Waals surface area (Å²) in [7, 11) is -3.73. The summed E-state index contributed by atoms with van der Waals surface area (Å²) in [5, 5.41) is -0.196. The minimum absolute atomic E-state index is 0.0131. The number of nitrogens with zero attached hydrogens (tertiary/aromatic N) is 4. The Morgan fingerprint density at radius 1 is 1.13 bits per heavy atom. The Balaban J connectivity index is 1.23. The number of hydrogen-bond donors (Lipinski definition) is 0. The molecule has 2 saturated heterocycles. The standard InChI is InChI=1S/C20H22ClFN4O3S/c21-17-8-16(3-4-18(17)22)30(27,28)26-6-5-25-12-15(7-14(25)11-26)29-20-10-23-19(9-24-20)13-1-2-13/h3-4,8-10,13-15H,1-2,5-7,11-12H2/t14-,15-/m0/s1. The van der Waals surface area contributed by atoms with E-state index in [2.05, 4.69) is 14.9 Å². The summed E-state index contributed by atoms with van der Waals surface area (Å²) in [4.78, 5) is 11.1. The van der Waals surface area contributed by atoms with Crippen molar-refractivity contribution >= 4 is 21.6 Å². The van der Waals surface area contributed by atoms with Gasteiger partial charge in [0, 0.05) is 44.6 Å². The molecule has 2 aliphatic heterocycles. The van der Waals surface area contributed by atoms with Crippen molar-refractivity contribution < 1.29 is 17.5 Å². The van der Waals surface area contributed by atoms with Crippen LogP contribution in [0.2, 0.25) is 5.02 Å². The minimum atomic E-state index is -3.73. The third kappa shape index (κ3) is 3.91. The van der Waals surface area contributed by atoms with Crippen molar-refractivity contribution in [2.24, 2.45) is 0 Å². The summed E-state index contributed by atoms with van der Waals surface area (Å²) in [5.41, 5.74) is 1.02. The Kier molecular flexibility index (Phi) is 5.17. The molecule has 1 aliphatic carbocycles. The largest absolute Gasteiger partial charge is 0.472 e. The summed E-state index contributed by atoms with van der Waals surface area (Å²) in [6.07, 6.45) is 6.48. The Bertz CT molecular complexity index is 1050. The molecule has 160 valence electrons. The third-order valence-electron chi connectivity index (χ3n) is 6.00. The number of rotatable bonds is 5. The van der Waals surface area contributed by atoms with E-state index in [0.29, 0.717) is 37.9 Å². The third-order valence-corrected chi connectivity index (χ3v) is 8.15. The Labute approximate surface area is 179 Å². The normalized spacial score (nSPS) is 25.3. The lowest BCUT2D eigenvalue weighted by molar-refractivity contribution is 0.151. The first-order chi connectivity index (χ1) is 14.4. The molecule has 10 heteroatoms. The smallest absolute Gasteiger partial charge is 0.243 e. The number of sulfonamides is 1. The van der Waals surface area contributed by atoms with Crippen LogP contribution in [0.4, 0.5) is 4.39 Å². The van der Waals surface area contributed by atoms with Crippen LogP contribution < -0.4 is 4.74 Å². The molecule has 0 spiro atoms. The van der Waals surface area contributed by atoms with E-state index in [9.17, 15) is 12.8 Å². The average molecular weight is 453 g/mol. The molecule has 0 bridgehead atoms. The van der Waals surface area contributed by atoms with Crippen molar-refractivity contribution in [3.63, 3.8) is 0 Å². The highest BCUT2D eigenvalue weighted by molar-refractivity contribution is 7.89. The Hall–Kier alpha value is -1.81. The number of piperazine rings is 1. The van der Waals surface area contributed by atoms with E-state index in [1.165, 1.54) is 29.3 Å². The molecule has 0 amide bonds. The lowest BCUT2D eigenvalue weighted by Crippen LogP contribution is -2.51. The van der Waals surface area contributed by atoms with E-state index < -0.39 is 15.8 Å². The molecule has 2 aromatic rings. The molecular formula is C20H22ClFN4O3S. The van der Waals surface area contributed by atoms with Crippen LogP contribution in [0.1, 0.15) is 30.9 Å². The maximum atomic E-state index is 13.4. The summed E-state index contributed by atoms with van der Waals surface area (Å²) >= 11 is 5.78. The number of hydrogen-bond acceptors (Lipinski definition) is 6. The van der Waals surface area contributed by atoms with Crippen molar-refractivity contribution in [1.82, 2.24) is 19.2 Å². The highest BCUT2D eigenvalue weighted by Gasteiger charge is 2.41. The zero-order valence-electron chi connectivity index (χ0n) is 16.2. The van der Waals surface area contributed by atoms with Crippen molar-refractivity contribution in [2.75, 3.05) is 26.2 Å². The Morgan fingerprint density at radius 3 is 2.67 bits per heavy atom. The molecule has 0 unspecified atom stereocenters. The predicted octanol–water partition coefficient (Wildman–Crippen LogP) is 2.67. The van der Waals surface area contributed by atoms with Gasteiger partial charge in [-0.15, -0.1) is 0 Å². The highest BCUT2D eigenvalue weighted by atomic mass is 35.5. The lowest BCUT2D eigenvalue weighted by atomic mass is 10.2. The number of fused-ring (bicyclic) bond motifs is 1. The van der Waals surface area contributed by atoms with Crippen LogP contribution in [0.5, 0.6) is 5.88 Å². The topological polar surface area (TPSA) is 75.6 Å². The van der Waals surface area contributed by atoms with Gasteiger partial charge in [-0.05, 0) is 31.0 Å². The second-order valence-electron chi connectivity index (χ2n) is 8.12. The molecule has 1 aromatic heterocycles. The van der Waals surface area contributed by atoms with E-state index in [1.807, 2.05) is 0 Å². The number of aromatic nitrogens is 2. The van der Waals surface area contributed by atoms with Crippen molar-refractivity contribution in [3.05, 3.63) is 47.1 Å². The first-order valence-corrected chi connectivity index (χ1v) is 11.9. The van der Waals surface area contributed by atoms with Gasteiger partial charge >= 0.3 is 0 Å². The van der Waals surface area contributed by atoms with E-state index in [1.54, 1.807) is 12.4 Å². The first kappa shape index (κ1) is 20.1. The van der Waals surface area contributed by atoms with Gasteiger partial charge < -0.3 is 4.74 Å². The number of ether oxygens (including phenoxy) is 1. The van der Waals surface area contributed by atoms with E-state index in [0.717, 1.165) is 18.3 Å². The zero-order valence-corrected chi connectivity index (χ0v) is 17.8. The monoisotopic (exact) mass is 452 g/mol. The fourth-order valence-corrected chi connectivity index (χ4v) is 5.95. The second kappa shape index (κ2) is 7.71. The van der Waals surface area contributed by atoms with E-state index in [-0.39, 0.29) is 22.1 Å². The predicted molar refractivity (Wildman–Crippen MR) is 109 cm³/mol. The van der Waals surface area contributed by atoms with Crippen LogP contribution in [0.15, 0.2) is 35.5 Å². The summed E-state index contributed by atoms with van der Waals surface area (Å²) in [5.74, 6) is 0.426. The van der Waals surface area contributed by atoms with Gasteiger partial charge in [0.2, 0.25) is 15.9 Å². The second-order valence-corrected chi connectivity index (χ2v) is 10.5. The Morgan fingerprint density at radius 2 is 1.97 bits per heavy atom. The van der Waals surface area contributed by atoms with Crippen molar-refractivity contribution in [3.8, 4) is 5.88 Å². The van der Waals surface area contributed by atoms with Crippen molar-refractivity contribution in [1.29, 1.82) is 0 Å². The van der Waals surface area contributed by atoms with Gasteiger partial charge in [0.15, 0.2) is 0 Å². The fourth-order valence-electron chi connectivity index (χ4n) is 4.21. The van der Waals surface area contributed by atoms with Crippen LogP contribution in [0, 0.1) is 5.82 Å². The molecule has 2 atom stereocenters. The summed E-state index contributed by atoms with van der Waals surface area (Å²) < 4.78 is 46.8. The van der Waals surface area contributed by atoms with Gasteiger partial charge in [0.05, 0.1) is 28.0 Å². The maximum Gasteiger partial charge on any atom is 0.243 e. The molecule has 0 N–H and O–H groups in total. The molecule has 7 nitrogen and oxygen atoms in total. The highest BCUT2D eigenvalue weighted by Crippen LogP contribution is 2.38. The molecular weight excluding hydrogens is 431 g/mol. The first-order valence-electron chi connectivity index (χ1n) is 10.1. The van der Waals surface area contributed by atoms with Gasteiger partial charge in [0.25, 0.3) is 0 Å². The fraction of sp³-hybridized carbons (Fsp3) is 0.500. The molecule has 30 heavy (non-hydrogen) atoms. The van der Waals surface area contributed by atoms with Crippen LogP contribution in [-0.4, -0.2) is 65.9 Å². The quantitative estimate of drug-likeness (QED) is 0.694. The maximum absolute atomic E-state index is 13.4. The summed E-state index contributed by atoms with van der Waals surface area (Å²) in [6, 6.07) is 3.57. The molecule has 1 saturated carbocycles. The molecule has 3 aliphatic rings. The number of halogens is 2. The SMILES string of the molecule is O=S(=O)(c1ccc(F)c(Cl)c1)N1CCN2C[C@@H](Oc3cnc(C4CC4)cn3)C[C@H]2C1. The van der Waals surface area contributed by atoms with E-state index in [4.69, 9.17) is 16.3 Å². The van der Waals surface area contributed by atoms with Crippen LogP contribution >= 0.6 is 11.6 Å². The molecule has 0 radical (unpaired) electrons. The minimum Gasteiger partial charge on any atom is -0.472 e. The molecule has 5 rings (SSSR count). The summed E-state index contributed by atoms with van der Waals surface area (Å²) in [6.45, 7) is 2.08. The zero-order chi connectivity index (χ0) is 20.9. The van der Waals surface area contributed by atoms with Crippen LogP contribution in [-0.2, 0) is 10.0 Å². The van der Waals surface area contributed by atoms with Crippen LogP contribution in [0.25, 0.3) is 0 Å². The number of benzene rings is 1. The lowest BCUT2D eigenvalue weighted by Gasteiger charge is -2.36. The average Bonchev–Trinajstić information content (AvgIpc) is 3.50. The van der Waals surface area contributed by atoms with Gasteiger partial charge in [-0.1, -0.05) is 11.6 Å². The van der Waals surface area contributed by atoms with Gasteiger partial charge in [0.1, 0.15) is 11.9 Å². The van der Waals surface area contributed by atoms with E-state index >= 15 is 0 Å². The van der Waals surface area contributed by atoms with Crippen LogP contribution in [0.3, 0.4) is 0 Å². The molecule has 1 aromatic carbocycles. The van der Waals surface area contributed by atoms with Gasteiger partial charge in [-0.2, -0.15) is 4.31 Å². The van der Waals surface area contributed by atoms with Crippen molar-refractivity contribution in [2.45, 2.75) is 42.2 Å². The van der Waals surface area contributed by atoms with Gasteiger partial charge in [-0.25, -0.2) is 17.8 Å².